The van der Waals surface area contributed by atoms with E-state index in [0.29, 0.717) is 11.3 Å². The van der Waals surface area contributed by atoms with Gasteiger partial charge in [-0.3, -0.25) is 4.79 Å². The Morgan fingerprint density at radius 2 is 2.11 bits per heavy atom. The smallest absolute Gasteiger partial charge is 0.226 e. The van der Waals surface area contributed by atoms with E-state index >= 15 is 0 Å². The van der Waals surface area contributed by atoms with E-state index in [9.17, 15) is 4.79 Å². The number of carbonyl (C=O) groups is 1. The van der Waals surface area contributed by atoms with Crippen LogP contribution in [0.2, 0.25) is 0 Å². The Balaban J connectivity index is 1.31. The van der Waals surface area contributed by atoms with Gasteiger partial charge in [-0.2, -0.15) is 9.61 Å². The van der Waals surface area contributed by atoms with Crippen LogP contribution in [0.1, 0.15) is 31.5 Å². The van der Waals surface area contributed by atoms with Crippen molar-refractivity contribution in [2.45, 2.75) is 33.1 Å². The molecule has 2 fully saturated rings. The van der Waals surface area contributed by atoms with Gasteiger partial charge < -0.3 is 15.5 Å². The number of nitrogens with zero attached hydrogens (tertiary/aromatic N) is 4. The van der Waals surface area contributed by atoms with Crippen LogP contribution in [0.15, 0.2) is 12.3 Å². The van der Waals surface area contributed by atoms with Crippen LogP contribution in [0.3, 0.4) is 0 Å². The highest BCUT2D eigenvalue weighted by molar-refractivity contribution is 5.82. The fourth-order valence-corrected chi connectivity index (χ4v) is 4.45. The first-order valence-electron chi connectivity index (χ1n) is 10.1. The third-order valence-electron chi connectivity index (χ3n) is 6.57. The number of anilines is 1. The molecule has 2 aromatic heterocycles. The number of hydrogen-bond acceptors (Lipinski definition) is 5. The number of fused-ring (bicyclic) bond motifs is 2. The van der Waals surface area contributed by atoms with Crippen LogP contribution in [-0.2, 0) is 17.6 Å². The van der Waals surface area contributed by atoms with E-state index < -0.39 is 0 Å². The summed E-state index contributed by atoms with van der Waals surface area (Å²) in [4.78, 5) is 19.6. The van der Waals surface area contributed by atoms with Gasteiger partial charge in [0.05, 0.1) is 17.8 Å². The monoisotopic (exact) mass is 368 g/mol. The molecule has 3 aliphatic rings. The SMILES string of the molecule is CC1(C)CC1CNC(=O)C1CN(c2c3c(nc4ccnn24)CCNCC3)C1. The molecule has 0 aromatic carbocycles. The molecule has 1 saturated carbocycles. The number of carbonyl (C=O) groups excluding carboxylic acids is 1. The highest BCUT2D eigenvalue weighted by atomic mass is 16.2. The molecule has 7 nitrogen and oxygen atoms in total. The van der Waals surface area contributed by atoms with E-state index in [1.54, 1.807) is 0 Å². The van der Waals surface area contributed by atoms with Gasteiger partial charge in [0.15, 0.2) is 5.65 Å². The van der Waals surface area contributed by atoms with Crippen molar-refractivity contribution in [2.24, 2.45) is 17.3 Å². The molecule has 1 saturated heterocycles. The molecule has 2 N–H and O–H groups in total. The molecule has 27 heavy (non-hydrogen) atoms. The largest absolute Gasteiger partial charge is 0.355 e. The van der Waals surface area contributed by atoms with Gasteiger partial charge in [0.1, 0.15) is 5.82 Å². The molecule has 1 aliphatic carbocycles. The Hall–Kier alpha value is -2.15. The van der Waals surface area contributed by atoms with E-state index in [-0.39, 0.29) is 11.8 Å². The van der Waals surface area contributed by atoms with E-state index in [4.69, 9.17) is 4.98 Å². The summed E-state index contributed by atoms with van der Waals surface area (Å²) in [6.07, 6.45) is 4.93. The summed E-state index contributed by atoms with van der Waals surface area (Å²) < 4.78 is 1.95. The zero-order chi connectivity index (χ0) is 18.6. The maximum Gasteiger partial charge on any atom is 0.226 e. The molecule has 2 aromatic rings. The first kappa shape index (κ1) is 17.0. The number of nitrogens with one attached hydrogen (secondary N) is 2. The lowest BCUT2D eigenvalue weighted by atomic mass is 9.97. The van der Waals surface area contributed by atoms with Crippen LogP contribution in [0.25, 0.3) is 5.65 Å². The van der Waals surface area contributed by atoms with Crippen molar-refractivity contribution in [3.05, 3.63) is 23.5 Å². The van der Waals surface area contributed by atoms with E-state index in [0.717, 1.165) is 57.0 Å². The number of amides is 1. The molecular weight excluding hydrogens is 340 g/mol. The second-order valence-corrected chi connectivity index (χ2v) is 8.95. The number of aromatic nitrogens is 3. The fraction of sp³-hybridized carbons (Fsp3) is 0.650. The van der Waals surface area contributed by atoms with Gasteiger partial charge in [-0.1, -0.05) is 13.8 Å². The minimum atomic E-state index is 0.0743. The second kappa shape index (κ2) is 6.19. The highest BCUT2D eigenvalue weighted by Gasteiger charge is 2.46. The Kier molecular flexibility index (Phi) is 3.89. The molecule has 1 atom stereocenters. The van der Waals surface area contributed by atoms with Gasteiger partial charge in [0.2, 0.25) is 5.91 Å². The topological polar surface area (TPSA) is 74.6 Å². The highest BCUT2D eigenvalue weighted by Crippen LogP contribution is 2.51. The summed E-state index contributed by atoms with van der Waals surface area (Å²) in [7, 11) is 0. The molecular formula is C20H28N6O. The van der Waals surface area contributed by atoms with Crippen LogP contribution in [0, 0.1) is 17.3 Å². The molecule has 1 amide bonds. The predicted octanol–water partition coefficient (Wildman–Crippen LogP) is 1.02. The van der Waals surface area contributed by atoms with Crippen molar-refractivity contribution in [3.8, 4) is 0 Å². The summed E-state index contributed by atoms with van der Waals surface area (Å²) in [6, 6.07) is 1.96. The molecule has 1 unspecified atom stereocenters. The maximum absolute atomic E-state index is 12.5. The lowest BCUT2D eigenvalue weighted by molar-refractivity contribution is -0.125. The normalized spacial score (nSPS) is 24.2. The van der Waals surface area contributed by atoms with Crippen LogP contribution >= 0.6 is 0 Å². The van der Waals surface area contributed by atoms with Gasteiger partial charge in [0.25, 0.3) is 0 Å². The average Bonchev–Trinajstić information content (AvgIpc) is 3.05. The van der Waals surface area contributed by atoms with Gasteiger partial charge >= 0.3 is 0 Å². The van der Waals surface area contributed by atoms with Gasteiger partial charge in [0, 0.05) is 44.2 Å². The lowest BCUT2D eigenvalue weighted by Gasteiger charge is -2.41. The van der Waals surface area contributed by atoms with Crippen LogP contribution in [-0.4, -0.2) is 53.2 Å². The van der Waals surface area contributed by atoms with E-state index in [1.807, 2.05) is 16.8 Å². The molecule has 7 heteroatoms. The van der Waals surface area contributed by atoms with Crippen LogP contribution in [0.4, 0.5) is 5.82 Å². The molecule has 4 heterocycles. The Morgan fingerprint density at radius 1 is 1.33 bits per heavy atom. The quantitative estimate of drug-likeness (QED) is 0.843. The zero-order valence-corrected chi connectivity index (χ0v) is 16.2. The summed E-state index contributed by atoms with van der Waals surface area (Å²) in [5.74, 6) is 2.05. The van der Waals surface area contributed by atoms with Crippen molar-refractivity contribution in [1.29, 1.82) is 0 Å². The molecule has 0 bridgehead atoms. The maximum atomic E-state index is 12.5. The Bertz CT molecular complexity index is 882. The minimum Gasteiger partial charge on any atom is -0.355 e. The third-order valence-corrected chi connectivity index (χ3v) is 6.57. The Labute approximate surface area is 159 Å². The van der Waals surface area contributed by atoms with Gasteiger partial charge in [-0.25, -0.2) is 4.98 Å². The summed E-state index contributed by atoms with van der Waals surface area (Å²) >= 11 is 0. The molecule has 5 rings (SSSR count). The Morgan fingerprint density at radius 3 is 2.89 bits per heavy atom. The zero-order valence-electron chi connectivity index (χ0n) is 16.2. The van der Waals surface area contributed by atoms with Crippen molar-refractivity contribution >= 4 is 17.4 Å². The molecule has 0 radical (unpaired) electrons. The van der Waals surface area contributed by atoms with Crippen molar-refractivity contribution in [1.82, 2.24) is 25.2 Å². The molecule has 2 aliphatic heterocycles. The number of rotatable bonds is 4. The van der Waals surface area contributed by atoms with Crippen LogP contribution in [0.5, 0.6) is 0 Å². The second-order valence-electron chi connectivity index (χ2n) is 8.95. The van der Waals surface area contributed by atoms with E-state index in [1.165, 1.54) is 17.7 Å². The van der Waals surface area contributed by atoms with Crippen LogP contribution < -0.4 is 15.5 Å². The van der Waals surface area contributed by atoms with Gasteiger partial charge in [-0.05, 0) is 30.7 Å². The van der Waals surface area contributed by atoms with Crippen molar-refractivity contribution in [3.63, 3.8) is 0 Å². The first-order valence-corrected chi connectivity index (χ1v) is 10.1. The molecule has 0 spiro atoms. The summed E-state index contributed by atoms with van der Waals surface area (Å²) in [6.45, 7) is 8.82. The summed E-state index contributed by atoms with van der Waals surface area (Å²) in [5, 5.41) is 11.1. The summed E-state index contributed by atoms with van der Waals surface area (Å²) in [5.41, 5.74) is 3.77. The lowest BCUT2D eigenvalue weighted by Crippen LogP contribution is -2.55. The van der Waals surface area contributed by atoms with Crippen molar-refractivity contribution in [2.75, 3.05) is 37.6 Å². The van der Waals surface area contributed by atoms with E-state index in [2.05, 4.69) is 34.5 Å². The standard InChI is InChI=1S/C20H28N6O/c1-20(2)9-14(20)10-22-18(27)13-11-25(12-13)19-15-3-6-21-7-4-16(15)24-17-5-8-23-26(17)19/h5,8,13-14,21H,3-4,6-7,9-12H2,1-2H3,(H,22,27). The van der Waals surface area contributed by atoms with Crippen molar-refractivity contribution < 1.29 is 4.79 Å². The minimum absolute atomic E-state index is 0.0743. The van der Waals surface area contributed by atoms with Gasteiger partial charge in [-0.15, -0.1) is 0 Å². The fourth-order valence-electron chi connectivity index (χ4n) is 4.45. The first-order chi connectivity index (χ1) is 13.0. The predicted molar refractivity (Wildman–Crippen MR) is 104 cm³/mol. The third kappa shape index (κ3) is 2.98. The average molecular weight is 368 g/mol. The molecule has 144 valence electrons. The number of hydrogen-bond donors (Lipinski definition) is 2.